The minimum absolute atomic E-state index is 0.0980. The second-order valence-corrected chi connectivity index (χ2v) is 5.93. The van der Waals surface area contributed by atoms with Crippen molar-refractivity contribution in [1.82, 2.24) is 5.32 Å². The highest BCUT2D eigenvalue weighted by Gasteiger charge is 2.17. The summed E-state index contributed by atoms with van der Waals surface area (Å²) < 4.78 is 5.37. The number of rotatable bonds is 5. The fourth-order valence-electron chi connectivity index (χ4n) is 2.36. The maximum absolute atomic E-state index is 11.4. The molecule has 1 unspecified atom stereocenters. The Balaban J connectivity index is 1.60. The van der Waals surface area contributed by atoms with E-state index in [-0.39, 0.29) is 18.6 Å². The Morgan fingerprint density at radius 3 is 3.14 bits per heavy atom. The molecule has 0 spiro atoms. The number of benzene rings is 1. The Hall–Kier alpha value is -1.85. The lowest BCUT2D eigenvalue weighted by molar-refractivity contribution is -0.118. The number of amides is 1. The SMILES string of the molecule is CC(NCCc1ccsc1)c1ccc2c(c1)NC(=O)CO2. The molecule has 0 bridgehead atoms. The van der Waals surface area contributed by atoms with E-state index in [1.807, 2.05) is 18.2 Å². The standard InChI is InChI=1S/C16H18N2O2S/c1-11(17-6-4-12-5-7-21-10-12)13-2-3-15-14(8-13)18-16(19)9-20-15/h2-3,5,7-8,10-11,17H,4,6,9H2,1H3,(H,18,19). The van der Waals surface area contributed by atoms with Crippen molar-refractivity contribution in [3.8, 4) is 5.75 Å². The van der Waals surface area contributed by atoms with Crippen molar-refractivity contribution in [3.63, 3.8) is 0 Å². The summed E-state index contributed by atoms with van der Waals surface area (Å²) in [6.45, 7) is 3.15. The molecule has 2 heterocycles. The Labute approximate surface area is 128 Å². The zero-order chi connectivity index (χ0) is 14.7. The Kier molecular flexibility index (Phi) is 4.22. The first-order valence-corrected chi connectivity index (χ1v) is 7.98. The van der Waals surface area contributed by atoms with E-state index in [1.165, 1.54) is 5.56 Å². The van der Waals surface area contributed by atoms with Gasteiger partial charge in [-0.1, -0.05) is 6.07 Å². The van der Waals surface area contributed by atoms with Crippen molar-refractivity contribution in [3.05, 3.63) is 46.2 Å². The van der Waals surface area contributed by atoms with Crippen LogP contribution in [-0.2, 0) is 11.2 Å². The largest absolute Gasteiger partial charge is 0.482 e. The normalized spacial score (nSPS) is 15.0. The molecule has 21 heavy (non-hydrogen) atoms. The van der Waals surface area contributed by atoms with Crippen molar-refractivity contribution in [2.24, 2.45) is 0 Å². The van der Waals surface area contributed by atoms with E-state index in [4.69, 9.17) is 4.74 Å². The number of nitrogens with one attached hydrogen (secondary N) is 2. The molecule has 2 aromatic rings. The van der Waals surface area contributed by atoms with E-state index in [1.54, 1.807) is 11.3 Å². The number of thiophene rings is 1. The van der Waals surface area contributed by atoms with Gasteiger partial charge in [-0.2, -0.15) is 11.3 Å². The average molecular weight is 302 g/mol. The Morgan fingerprint density at radius 2 is 2.33 bits per heavy atom. The Morgan fingerprint density at radius 1 is 1.43 bits per heavy atom. The van der Waals surface area contributed by atoms with E-state index < -0.39 is 0 Å². The third-order valence-corrected chi connectivity index (χ3v) is 4.31. The molecule has 0 fully saturated rings. The lowest BCUT2D eigenvalue weighted by Gasteiger charge is -2.21. The van der Waals surface area contributed by atoms with E-state index >= 15 is 0 Å². The van der Waals surface area contributed by atoms with Crippen LogP contribution in [-0.4, -0.2) is 19.1 Å². The molecule has 0 aliphatic carbocycles. The molecule has 1 aliphatic rings. The monoisotopic (exact) mass is 302 g/mol. The molecule has 110 valence electrons. The van der Waals surface area contributed by atoms with Crippen LogP contribution in [0.5, 0.6) is 5.75 Å². The third-order valence-electron chi connectivity index (χ3n) is 3.58. The summed E-state index contributed by atoms with van der Waals surface area (Å²) >= 11 is 1.73. The maximum Gasteiger partial charge on any atom is 0.262 e. The van der Waals surface area contributed by atoms with Gasteiger partial charge in [0.2, 0.25) is 0 Å². The molecule has 1 aromatic carbocycles. The van der Waals surface area contributed by atoms with Crippen molar-refractivity contribution in [1.29, 1.82) is 0 Å². The van der Waals surface area contributed by atoms with Crippen LogP contribution in [0.15, 0.2) is 35.0 Å². The van der Waals surface area contributed by atoms with Crippen molar-refractivity contribution < 1.29 is 9.53 Å². The number of hydrogen-bond acceptors (Lipinski definition) is 4. The second-order valence-electron chi connectivity index (χ2n) is 5.15. The van der Waals surface area contributed by atoms with Gasteiger partial charge < -0.3 is 15.4 Å². The fourth-order valence-corrected chi connectivity index (χ4v) is 3.06. The molecule has 1 amide bonds. The van der Waals surface area contributed by atoms with Gasteiger partial charge >= 0.3 is 0 Å². The van der Waals surface area contributed by atoms with Crippen LogP contribution in [0.3, 0.4) is 0 Å². The summed E-state index contributed by atoms with van der Waals surface area (Å²) in [5.74, 6) is 0.640. The molecule has 3 rings (SSSR count). The topological polar surface area (TPSA) is 50.4 Å². The number of ether oxygens (including phenoxy) is 1. The highest BCUT2D eigenvalue weighted by Crippen LogP contribution is 2.30. The van der Waals surface area contributed by atoms with Crippen LogP contribution in [0, 0.1) is 0 Å². The molecule has 0 saturated heterocycles. The van der Waals surface area contributed by atoms with Gasteiger partial charge in [0.15, 0.2) is 6.61 Å². The summed E-state index contributed by atoms with van der Waals surface area (Å²) in [5, 5.41) is 10.6. The van der Waals surface area contributed by atoms with Crippen molar-refractivity contribution in [2.45, 2.75) is 19.4 Å². The Bertz CT molecular complexity index is 625. The van der Waals surface area contributed by atoms with Crippen LogP contribution in [0.4, 0.5) is 5.69 Å². The number of anilines is 1. The number of carbonyl (C=O) groups is 1. The lowest BCUT2D eigenvalue weighted by atomic mass is 10.1. The molecule has 0 saturated carbocycles. The quantitative estimate of drug-likeness (QED) is 0.893. The minimum Gasteiger partial charge on any atom is -0.482 e. The zero-order valence-electron chi connectivity index (χ0n) is 11.9. The summed E-state index contributed by atoms with van der Waals surface area (Å²) in [4.78, 5) is 11.4. The van der Waals surface area contributed by atoms with E-state index in [0.717, 1.165) is 30.0 Å². The van der Waals surface area contributed by atoms with E-state index in [0.29, 0.717) is 0 Å². The van der Waals surface area contributed by atoms with Gasteiger partial charge in [0.05, 0.1) is 5.69 Å². The van der Waals surface area contributed by atoms with Crippen molar-refractivity contribution in [2.75, 3.05) is 18.5 Å². The van der Waals surface area contributed by atoms with Crippen LogP contribution in [0.2, 0.25) is 0 Å². The van der Waals surface area contributed by atoms with E-state index in [9.17, 15) is 4.79 Å². The van der Waals surface area contributed by atoms with Crippen LogP contribution >= 0.6 is 11.3 Å². The van der Waals surface area contributed by atoms with Crippen LogP contribution < -0.4 is 15.4 Å². The third kappa shape index (κ3) is 3.43. The molecule has 5 heteroatoms. The minimum atomic E-state index is -0.0993. The predicted molar refractivity (Wildman–Crippen MR) is 85.0 cm³/mol. The van der Waals surface area contributed by atoms with Gasteiger partial charge in [0, 0.05) is 6.04 Å². The summed E-state index contributed by atoms with van der Waals surface area (Å²) in [6.07, 6.45) is 1.03. The van der Waals surface area contributed by atoms with Crippen LogP contribution in [0.25, 0.3) is 0 Å². The van der Waals surface area contributed by atoms with Crippen molar-refractivity contribution >= 4 is 22.9 Å². The second kappa shape index (κ2) is 6.28. The molecule has 2 N–H and O–H groups in total. The first-order valence-electron chi connectivity index (χ1n) is 7.03. The highest BCUT2D eigenvalue weighted by molar-refractivity contribution is 7.07. The van der Waals surface area contributed by atoms with Gasteiger partial charge in [-0.25, -0.2) is 0 Å². The molecule has 1 atom stereocenters. The molecule has 4 nitrogen and oxygen atoms in total. The summed E-state index contributed by atoms with van der Waals surface area (Å²) in [5.41, 5.74) is 3.27. The first-order chi connectivity index (χ1) is 10.2. The van der Waals surface area contributed by atoms with E-state index in [2.05, 4.69) is 34.4 Å². The average Bonchev–Trinajstić information content (AvgIpc) is 2.99. The molecular weight excluding hydrogens is 284 g/mol. The van der Waals surface area contributed by atoms with Gasteiger partial charge in [-0.05, 0) is 60.0 Å². The molecule has 0 radical (unpaired) electrons. The molecular formula is C16H18N2O2S. The molecule has 1 aromatic heterocycles. The molecule has 1 aliphatic heterocycles. The summed E-state index contributed by atoms with van der Waals surface area (Å²) in [6, 6.07) is 8.32. The number of hydrogen-bond donors (Lipinski definition) is 2. The van der Waals surface area contributed by atoms with Gasteiger partial charge in [0.1, 0.15) is 5.75 Å². The maximum atomic E-state index is 11.4. The lowest BCUT2D eigenvalue weighted by Crippen LogP contribution is -2.26. The van der Waals surface area contributed by atoms with Crippen LogP contribution in [0.1, 0.15) is 24.1 Å². The van der Waals surface area contributed by atoms with Gasteiger partial charge in [-0.15, -0.1) is 0 Å². The highest BCUT2D eigenvalue weighted by atomic mass is 32.1. The predicted octanol–water partition coefficient (Wildman–Crippen LogP) is 2.97. The first kappa shape index (κ1) is 14.1. The fraction of sp³-hybridized carbons (Fsp3) is 0.312. The number of fused-ring (bicyclic) bond motifs is 1. The number of carbonyl (C=O) groups excluding carboxylic acids is 1. The van der Waals surface area contributed by atoms with Gasteiger partial charge in [-0.3, -0.25) is 4.79 Å². The summed E-state index contributed by atoms with van der Waals surface area (Å²) in [7, 11) is 0. The van der Waals surface area contributed by atoms with Gasteiger partial charge in [0.25, 0.3) is 5.91 Å². The smallest absolute Gasteiger partial charge is 0.262 e. The zero-order valence-corrected chi connectivity index (χ0v) is 12.7.